The minimum Gasteiger partial charge on any atom is -1.00 e. The summed E-state index contributed by atoms with van der Waals surface area (Å²) >= 11 is 0. The van der Waals surface area contributed by atoms with Crippen LogP contribution in [-0.4, -0.2) is 19.6 Å². The van der Waals surface area contributed by atoms with Gasteiger partial charge >= 0.3 is 0 Å². The fourth-order valence-electron chi connectivity index (χ4n) is 2.39. The van der Waals surface area contributed by atoms with Gasteiger partial charge < -0.3 is 17.3 Å². The molecule has 0 aromatic rings. The monoisotopic (exact) mass is 205 g/mol. The average Bonchev–Trinajstić information content (AvgIpc) is 2.09. The molecule has 0 amide bonds. The molecule has 1 aliphatic rings. The van der Waals surface area contributed by atoms with Gasteiger partial charge in [-0.25, -0.2) is 0 Å². The number of halogens is 1. The fourth-order valence-corrected chi connectivity index (χ4v) is 2.39. The third-order valence-electron chi connectivity index (χ3n) is 3.11. The van der Waals surface area contributed by atoms with Crippen LogP contribution in [0.25, 0.3) is 0 Å². The third kappa shape index (κ3) is 4.87. The molecule has 0 aromatic heterocycles. The lowest BCUT2D eigenvalue weighted by atomic mass is 9.92. The van der Waals surface area contributed by atoms with E-state index in [0.717, 1.165) is 5.92 Å². The molecule has 80 valence electrons. The van der Waals surface area contributed by atoms with E-state index in [4.69, 9.17) is 0 Å². The molecule has 0 aliphatic carbocycles. The summed E-state index contributed by atoms with van der Waals surface area (Å²) in [5, 5.41) is 0. The topological polar surface area (TPSA) is 4.44 Å². The first kappa shape index (κ1) is 13.2. The molecule has 0 unspecified atom stereocenters. The highest BCUT2D eigenvalue weighted by atomic mass is 35.5. The van der Waals surface area contributed by atoms with Crippen LogP contribution >= 0.6 is 0 Å². The number of rotatable bonds is 4. The molecule has 1 N–H and O–H groups in total. The van der Waals surface area contributed by atoms with Crippen molar-refractivity contribution in [1.29, 1.82) is 0 Å². The summed E-state index contributed by atoms with van der Waals surface area (Å²) in [6.45, 7) is 8.90. The molecule has 1 aliphatic heterocycles. The third-order valence-corrected chi connectivity index (χ3v) is 3.11. The predicted octanol–water partition coefficient (Wildman–Crippen LogP) is -1.50. The van der Waals surface area contributed by atoms with Crippen LogP contribution in [0.3, 0.4) is 0 Å². The minimum atomic E-state index is 0. The maximum absolute atomic E-state index is 2.31. The first-order chi connectivity index (χ1) is 5.86. The second-order valence-electron chi connectivity index (χ2n) is 4.23. The van der Waals surface area contributed by atoms with Crippen LogP contribution in [0.15, 0.2) is 0 Å². The molecule has 0 spiro atoms. The van der Waals surface area contributed by atoms with E-state index >= 15 is 0 Å². The van der Waals surface area contributed by atoms with Gasteiger partial charge in [-0.2, -0.15) is 0 Å². The summed E-state index contributed by atoms with van der Waals surface area (Å²) in [6, 6.07) is 0. The fraction of sp³-hybridized carbons (Fsp3) is 1.00. The molecule has 0 atom stereocenters. The van der Waals surface area contributed by atoms with Gasteiger partial charge in [0.25, 0.3) is 0 Å². The molecule has 0 bridgehead atoms. The van der Waals surface area contributed by atoms with Gasteiger partial charge in [-0.05, 0) is 25.2 Å². The Morgan fingerprint density at radius 2 is 1.69 bits per heavy atom. The highest BCUT2D eigenvalue weighted by Gasteiger charge is 2.19. The Morgan fingerprint density at radius 1 is 1.08 bits per heavy atom. The molecule has 2 heteroatoms. The summed E-state index contributed by atoms with van der Waals surface area (Å²) < 4.78 is 0. The summed E-state index contributed by atoms with van der Waals surface area (Å²) in [5.41, 5.74) is 0. The summed E-state index contributed by atoms with van der Waals surface area (Å²) in [6.07, 6.45) is 7.19. The molecular formula is C11H24ClN. The molecule has 1 heterocycles. The number of hydrogen-bond donors (Lipinski definition) is 1. The van der Waals surface area contributed by atoms with E-state index in [2.05, 4.69) is 13.8 Å². The zero-order valence-corrected chi connectivity index (χ0v) is 9.87. The lowest BCUT2D eigenvalue weighted by Gasteiger charge is -2.28. The highest BCUT2D eigenvalue weighted by Crippen LogP contribution is 2.15. The summed E-state index contributed by atoms with van der Waals surface area (Å²) in [4.78, 5) is 1.85. The number of piperidine rings is 1. The van der Waals surface area contributed by atoms with Crippen LogP contribution in [0.2, 0.25) is 0 Å². The molecule has 0 aromatic carbocycles. The van der Waals surface area contributed by atoms with Gasteiger partial charge in [0.15, 0.2) is 0 Å². The Morgan fingerprint density at radius 3 is 2.15 bits per heavy atom. The Hall–Kier alpha value is 0.250. The Balaban J connectivity index is 0.00000144. The van der Waals surface area contributed by atoms with Gasteiger partial charge in [0.05, 0.1) is 19.6 Å². The van der Waals surface area contributed by atoms with E-state index < -0.39 is 0 Å². The van der Waals surface area contributed by atoms with E-state index in [-0.39, 0.29) is 12.4 Å². The standard InChI is InChI=1S/C11H23N.ClH/c1-3-5-11-6-9-12(8-4-2)10-7-11;/h11H,3-10H2,1-2H3;1H. The first-order valence-electron chi connectivity index (χ1n) is 5.70. The number of quaternary nitrogens is 1. The van der Waals surface area contributed by atoms with Gasteiger partial charge in [0.1, 0.15) is 0 Å². The second kappa shape index (κ2) is 7.64. The SMILES string of the molecule is CCCC1CC[NH+](CCC)CC1.[Cl-]. The molecular weight excluding hydrogens is 182 g/mol. The highest BCUT2D eigenvalue weighted by molar-refractivity contribution is 4.61. The van der Waals surface area contributed by atoms with Gasteiger partial charge in [-0.15, -0.1) is 0 Å². The van der Waals surface area contributed by atoms with Crippen molar-refractivity contribution < 1.29 is 17.3 Å². The zero-order chi connectivity index (χ0) is 8.81. The van der Waals surface area contributed by atoms with Crippen LogP contribution in [0.4, 0.5) is 0 Å². The van der Waals surface area contributed by atoms with Gasteiger partial charge in [-0.1, -0.05) is 26.7 Å². The van der Waals surface area contributed by atoms with Crippen molar-refractivity contribution in [3.8, 4) is 0 Å². The maximum atomic E-state index is 2.31. The van der Waals surface area contributed by atoms with Crippen LogP contribution < -0.4 is 17.3 Å². The van der Waals surface area contributed by atoms with Crippen LogP contribution in [0, 0.1) is 5.92 Å². The van der Waals surface area contributed by atoms with Crippen molar-refractivity contribution in [3.05, 3.63) is 0 Å². The van der Waals surface area contributed by atoms with Gasteiger partial charge in [0.2, 0.25) is 0 Å². The molecule has 1 rings (SSSR count). The van der Waals surface area contributed by atoms with Crippen molar-refractivity contribution in [1.82, 2.24) is 0 Å². The van der Waals surface area contributed by atoms with Crippen molar-refractivity contribution in [2.45, 2.75) is 46.0 Å². The lowest BCUT2D eigenvalue weighted by Crippen LogP contribution is -3.13. The van der Waals surface area contributed by atoms with Crippen molar-refractivity contribution >= 4 is 0 Å². The van der Waals surface area contributed by atoms with Crippen molar-refractivity contribution in [3.63, 3.8) is 0 Å². The smallest absolute Gasteiger partial charge is 0.0773 e. The predicted molar refractivity (Wildman–Crippen MR) is 53.5 cm³/mol. The number of nitrogens with one attached hydrogen (secondary N) is 1. The quantitative estimate of drug-likeness (QED) is 0.570. The second-order valence-corrected chi connectivity index (χ2v) is 4.23. The van der Waals surface area contributed by atoms with Crippen molar-refractivity contribution in [2.24, 2.45) is 5.92 Å². The first-order valence-corrected chi connectivity index (χ1v) is 5.70. The average molecular weight is 206 g/mol. The van der Waals surface area contributed by atoms with E-state index in [9.17, 15) is 0 Å². The van der Waals surface area contributed by atoms with Crippen LogP contribution in [0.1, 0.15) is 46.0 Å². The summed E-state index contributed by atoms with van der Waals surface area (Å²) in [7, 11) is 0. The van der Waals surface area contributed by atoms with E-state index in [0.29, 0.717) is 0 Å². The zero-order valence-electron chi connectivity index (χ0n) is 9.11. The minimum absolute atomic E-state index is 0. The van der Waals surface area contributed by atoms with E-state index in [1.807, 2.05) is 4.90 Å². The van der Waals surface area contributed by atoms with Gasteiger partial charge in [0, 0.05) is 0 Å². The van der Waals surface area contributed by atoms with E-state index in [1.165, 1.54) is 51.7 Å². The molecule has 1 nitrogen and oxygen atoms in total. The molecule has 0 radical (unpaired) electrons. The van der Waals surface area contributed by atoms with Crippen LogP contribution in [0.5, 0.6) is 0 Å². The Kier molecular flexibility index (Phi) is 7.78. The van der Waals surface area contributed by atoms with E-state index in [1.54, 1.807) is 0 Å². The lowest BCUT2D eigenvalue weighted by molar-refractivity contribution is -0.906. The van der Waals surface area contributed by atoms with Crippen LogP contribution in [-0.2, 0) is 0 Å². The number of hydrogen-bond acceptors (Lipinski definition) is 0. The van der Waals surface area contributed by atoms with Gasteiger partial charge in [-0.3, -0.25) is 0 Å². The van der Waals surface area contributed by atoms with Crippen molar-refractivity contribution in [2.75, 3.05) is 19.6 Å². The maximum Gasteiger partial charge on any atom is 0.0773 e. The Labute approximate surface area is 89.3 Å². The Bertz CT molecular complexity index is 94.7. The largest absolute Gasteiger partial charge is 1.00 e. The summed E-state index contributed by atoms with van der Waals surface area (Å²) in [5.74, 6) is 1.07. The molecule has 13 heavy (non-hydrogen) atoms. The molecule has 1 fully saturated rings. The normalized spacial score (nSPS) is 28.2. The molecule has 1 saturated heterocycles. The molecule has 0 saturated carbocycles. The number of likely N-dealkylation sites (tertiary alicyclic amines) is 1.